The standard InChI is InChI=1S/C22H27ClN8O10S3.2Na/c1-12-9-19(44(34,35)7-6-36-42-40-38-32)13(2)8-15(12)29-30-17-11-18(37-43-41-39-33)14(24)10-16(17)25-21-26-20(23)27-22(28-21)31(3,4)5;;/h8-11H,6-7,24H2,1-5H3,(H2-,25,26,27,28,32,33);;/q;2*+1/p-1. The van der Waals surface area contributed by atoms with E-state index in [9.17, 15) is 18.9 Å². The average molecular weight is 740 g/mol. The van der Waals surface area contributed by atoms with Crippen LogP contribution in [0.1, 0.15) is 11.1 Å². The maximum Gasteiger partial charge on any atom is 1.00 e. The molecular weight excluding hydrogens is 714 g/mol. The maximum absolute atomic E-state index is 12.9. The molecule has 0 bridgehead atoms. The van der Waals surface area contributed by atoms with Crippen molar-refractivity contribution in [3.8, 4) is 5.75 Å². The van der Waals surface area contributed by atoms with E-state index < -0.39 is 9.84 Å². The number of aromatic nitrogens is 3. The summed E-state index contributed by atoms with van der Waals surface area (Å²) in [5, 5.41) is 37.9. The molecular formula is C22H26ClN8Na2O10S3+. The van der Waals surface area contributed by atoms with Crippen molar-refractivity contribution in [3.63, 3.8) is 0 Å². The number of anilines is 3. The van der Waals surface area contributed by atoms with Crippen LogP contribution in [-0.2, 0) is 32.8 Å². The van der Waals surface area contributed by atoms with Gasteiger partial charge >= 0.3 is 65.1 Å². The zero-order valence-corrected chi connectivity index (χ0v) is 32.9. The number of hydrogen-bond donors (Lipinski definition) is 2. The van der Waals surface area contributed by atoms with Gasteiger partial charge < -0.3 is 25.7 Å². The predicted molar refractivity (Wildman–Crippen MR) is 157 cm³/mol. The van der Waals surface area contributed by atoms with Crippen molar-refractivity contribution >= 4 is 80.7 Å². The van der Waals surface area contributed by atoms with Gasteiger partial charge in [-0.2, -0.15) is 10.1 Å². The van der Waals surface area contributed by atoms with E-state index in [1.165, 1.54) is 18.2 Å². The topological polar surface area (TPSA) is 237 Å². The van der Waals surface area contributed by atoms with E-state index in [1.807, 2.05) is 21.1 Å². The van der Waals surface area contributed by atoms with Crippen LogP contribution in [0.15, 0.2) is 39.4 Å². The van der Waals surface area contributed by atoms with Gasteiger partial charge in [0.1, 0.15) is 5.69 Å². The molecule has 0 atom stereocenters. The van der Waals surface area contributed by atoms with Crippen LogP contribution >= 0.6 is 36.2 Å². The van der Waals surface area contributed by atoms with Crippen molar-refractivity contribution in [1.82, 2.24) is 19.4 Å². The number of quaternary nitrogens is 1. The number of sulfone groups is 1. The summed E-state index contributed by atoms with van der Waals surface area (Å²) < 4.78 is 44.1. The quantitative estimate of drug-likeness (QED) is 0.0215. The summed E-state index contributed by atoms with van der Waals surface area (Å²) >= 11 is 6.57. The van der Waals surface area contributed by atoms with E-state index >= 15 is 0 Å². The Kier molecular flexibility index (Phi) is 18.7. The molecule has 0 saturated carbocycles. The van der Waals surface area contributed by atoms with Gasteiger partial charge in [-0.15, -0.1) is 23.7 Å². The van der Waals surface area contributed by atoms with Crippen molar-refractivity contribution in [1.29, 1.82) is 0 Å². The first-order chi connectivity index (χ1) is 20.7. The number of azo groups is 1. The van der Waals surface area contributed by atoms with Crippen LogP contribution in [-0.4, -0.2) is 56.9 Å². The average Bonchev–Trinajstić information content (AvgIpc) is 2.94. The van der Waals surface area contributed by atoms with Gasteiger partial charge in [-0.05, 0) is 54.8 Å². The normalized spacial score (nSPS) is 11.7. The van der Waals surface area contributed by atoms with E-state index in [-0.39, 0.29) is 140 Å². The molecule has 1 heterocycles. The number of nitrogens with zero attached hydrogens (tertiary/aromatic N) is 6. The number of benzene rings is 2. The van der Waals surface area contributed by atoms with Crippen molar-refractivity contribution in [2.24, 2.45) is 10.2 Å². The van der Waals surface area contributed by atoms with Gasteiger partial charge in [0.2, 0.25) is 11.2 Å². The molecule has 0 amide bonds. The van der Waals surface area contributed by atoms with Gasteiger partial charge in [0.25, 0.3) is 12.3 Å². The Morgan fingerprint density at radius 1 is 0.957 bits per heavy atom. The third-order valence-corrected chi connectivity index (χ3v) is 8.10. The van der Waals surface area contributed by atoms with Crippen molar-refractivity contribution < 1.29 is 105 Å². The zero-order valence-electron chi connectivity index (χ0n) is 25.7. The number of aryl methyl sites for hydroxylation is 2. The third kappa shape index (κ3) is 12.8. The molecule has 0 fully saturated rings. The van der Waals surface area contributed by atoms with Crippen LogP contribution in [0.3, 0.4) is 0 Å². The van der Waals surface area contributed by atoms with Gasteiger partial charge in [0.05, 0.1) is 55.5 Å². The molecule has 0 aliphatic heterocycles. The fraction of sp³-hybridized carbons (Fsp3) is 0.318. The van der Waals surface area contributed by atoms with E-state index in [0.717, 1.165) is 0 Å². The number of nitrogen functional groups attached to an aromatic ring is 1. The smallest absolute Gasteiger partial charge is 0.691 e. The molecule has 0 saturated heterocycles. The van der Waals surface area contributed by atoms with Crippen LogP contribution in [0.5, 0.6) is 5.75 Å². The molecule has 0 radical (unpaired) electrons. The summed E-state index contributed by atoms with van der Waals surface area (Å²) in [7, 11) is 1.77. The fourth-order valence-electron chi connectivity index (χ4n) is 3.36. The van der Waals surface area contributed by atoms with Crippen molar-refractivity contribution in [2.75, 3.05) is 44.6 Å². The summed E-state index contributed by atoms with van der Waals surface area (Å²) in [6.45, 7) is 2.99. The van der Waals surface area contributed by atoms with E-state index in [0.29, 0.717) is 22.8 Å². The second-order valence-electron chi connectivity index (χ2n) is 9.51. The summed E-state index contributed by atoms with van der Waals surface area (Å²) in [4.78, 5) is 12.7. The van der Waals surface area contributed by atoms with Gasteiger partial charge in [-0.25, -0.2) is 8.42 Å². The number of rotatable bonds is 16. The first-order valence-electron chi connectivity index (χ1n) is 12.0. The molecule has 3 aromatic rings. The van der Waals surface area contributed by atoms with E-state index in [4.69, 9.17) is 25.7 Å². The molecule has 0 unspecified atom stereocenters. The van der Waals surface area contributed by atoms with Crippen LogP contribution < -0.4 is 89.3 Å². The Bertz CT molecular complexity index is 1610. The Morgan fingerprint density at radius 3 is 2.26 bits per heavy atom. The van der Waals surface area contributed by atoms with Gasteiger partial charge in [-0.1, -0.05) is 0 Å². The summed E-state index contributed by atoms with van der Waals surface area (Å²) in [5.74, 6) is 0.120. The van der Waals surface area contributed by atoms with Gasteiger partial charge in [0.15, 0.2) is 27.9 Å². The van der Waals surface area contributed by atoms with Crippen LogP contribution in [0, 0.1) is 13.8 Å². The second kappa shape index (κ2) is 19.9. The molecule has 0 aliphatic carbocycles. The van der Waals surface area contributed by atoms with E-state index in [1.54, 1.807) is 19.9 Å². The number of nitrogens with one attached hydrogen (secondary N) is 1. The minimum Gasteiger partial charge on any atom is -0.691 e. The fourth-order valence-corrected chi connectivity index (χ4v) is 5.53. The molecule has 2 aromatic carbocycles. The Balaban J connectivity index is 0.00000529. The molecule has 240 valence electrons. The van der Waals surface area contributed by atoms with Crippen LogP contribution in [0.4, 0.5) is 34.6 Å². The third-order valence-electron chi connectivity index (χ3n) is 5.38. The molecule has 24 heteroatoms. The summed E-state index contributed by atoms with van der Waals surface area (Å²) in [5.41, 5.74) is 7.94. The van der Waals surface area contributed by atoms with Crippen LogP contribution in [0.2, 0.25) is 5.28 Å². The molecule has 0 aliphatic rings. The molecule has 1 aromatic heterocycles. The summed E-state index contributed by atoms with van der Waals surface area (Å²) in [6.07, 6.45) is 0. The number of halogens is 1. The first-order valence-corrected chi connectivity index (χ1v) is 15.4. The van der Waals surface area contributed by atoms with Gasteiger partial charge in [0, 0.05) is 6.07 Å². The molecule has 3 N–H and O–H groups in total. The molecule has 46 heavy (non-hydrogen) atoms. The SMILES string of the molecule is Cc1cc(S(=O)(=O)CCOSOO[O-])c(C)cc1N=Nc1cc(OSOO[O-])c(N)cc1Nc1nc(Cl)nc([N+](C)(C)C)n1.[Na+].[Na+]. The first kappa shape index (κ1) is 43.1. The van der Waals surface area contributed by atoms with Crippen LogP contribution in [0.25, 0.3) is 0 Å². The molecule has 0 spiro atoms. The van der Waals surface area contributed by atoms with Crippen molar-refractivity contribution in [3.05, 3.63) is 40.7 Å². The molecule has 18 nitrogen and oxygen atoms in total. The number of hydrogen-bond acceptors (Lipinski definition) is 19. The predicted octanol–water partition coefficient (Wildman–Crippen LogP) is -3.17. The minimum atomic E-state index is -3.77. The Hall–Kier alpha value is -0.930. The van der Waals surface area contributed by atoms with E-state index in [2.05, 4.69) is 49.2 Å². The second-order valence-corrected chi connectivity index (χ2v) is 12.9. The monoisotopic (exact) mass is 739 g/mol. The largest absolute Gasteiger partial charge is 1.00 e. The number of nitrogens with two attached hydrogens (primary N) is 1. The zero-order chi connectivity index (χ0) is 32.5. The minimum absolute atomic E-state index is 0. The molecule has 3 rings (SSSR count). The van der Waals surface area contributed by atoms with Gasteiger partial charge in [-0.3, -0.25) is 18.7 Å². The Labute approximate surface area is 322 Å². The maximum atomic E-state index is 12.9. The Morgan fingerprint density at radius 2 is 1.61 bits per heavy atom. The van der Waals surface area contributed by atoms with Crippen molar-refractivity contribution in [2.45, 2.75) is 18.7 Å². The summed E-state index contributed by atoms with van der Waals surface area (Å²) in [6, 6.07) is 5.85.